The van der Waals surface area contributed by atoms with Crippen molar-refractivity contribution in [2.24, 2.45) is 5.73 Å². The molecule has 0 aliphatic heterocycles. The third-order valence-electron chi connectivity index (χ3n) is 2.08. The first-order valence-electron chi connectivity index (χ1n) is 4.86. The Bertz CT molecular complexity index is 433. The van der Waals surface area contributed by atoms with Gasteiger partial charge in [-0.15, -0.1) is 12.4 Å². The largest absolute Gasteiger partial charge is 0.497 e. The van der Waals surface area contributed by atoms with E-state index in [0.717, 1.165) is 0 Å². The van der Waals surface area contributed by atoms with Crippen molar-refractivity contribution in [2.45, 2.75) is 17.9 Å². The Hall–Kier alpha value is -0.820. The molecule has 0 heterocycles. The lowest BCUT2D eigenvalue weighted by molar-refractivity contribution is 0.414. The van der Waals surface area contributed by atoms with Gasteiger partial charge < -0.3 is 10.5 Å². The molecule has 0 aliphatic carbocycles. The summed E-state index contributed by atoms with van der Waals surface area (Å²) in [6, 6.07) is 5.89. The molecular formula is C10H17ClN2O3S. The SMILES string of the molecule is COc1ccc(S(=O)(=O)N[C@H](C)CN)cc1.Cl. The second-order valence-corrected chi connectivity index (χ2v) is 5.15. The van der Waals surface area contributed by atoms with Crippen molar-refractivity contribution >= 4 is 22.4 Å². The molecule has 3 N–H and O–H groups in total. The Morgan fingerprint density at radius 1 is 1.35 bits per heavy atom. The summed E-state index contributed by atoms with van der Waals surface area (Å²) in [5.74, 6) is 0.617. The van der Waals surface area contributed by atoms with E-state index in [2.05, 4.69) is 4.72 Å². The average Bonchev–Trinajstić information content (AvgIpc) is 2.28. The Labute approximate surface area is 108 Å². The minimum Gasteiger partial charge on any atom is -0.497 e. The molecule has 1 aromatic rings. The van der Waals surface area contributed by atoms with E-state index in [9.17, 15) is 8.42 Å². The van der Waals surface area contributed by atoms with Crippen LogP contribution in [-0.2, 0) is 10.0 Å². The first-order chi connectivity index (χ1) is 7.49. The van der Waals surface area contributed by atoms with Crippen molar-refractivity contribution in [3.63, 3.8) is 0 Å². The highest BCUT2D eigenvalue weighted by Crippen LogP contribution is 2.15. The van der Waals surface area contributed by atoms with Crippen LogP contribution in [-0.4, -0.2) is 28.1 Å². The lowest BCUT2D eigenvalue weighted by Gasteiger charge is -2.12. The molecule has 1 atom stereocenters. The fraction of sp³-hybridized carbons (Fsp3) is 0.400. The molecular weight excluding hydrogens is 264 g/mol. The molecule has 7 heteroatoms. The number of benzene rings is 1. The summed E-state index contributed by atoms with van der Waals surface area (Å²) in [5, 5.41) is 0. The summed E-state index contributed by atoms with van der Waals surface area (Å²) >= 11 is 0. The monoisotopic (exact) mass is 280 g/mol. The predicted octanol–water partition coefficient (Wildman–Crippen LogP) is 0.743. The van der Waals surface area contributed by atoms with Gasteiger partial charge in [-0.3, -0.25) is 0 Å². The Morgan fingerprint density at radius 3 is 2.29 bits per heavy atom. The number of halogens is 1. The number of sulfonamides is 1. The van der Waals surface area contributed by atoms with Gasteiger partial charge in [0.15, 0.2) is 0 Å². The normalized spacial score (nSPS) is 12.6. The maximum Gasteiger partial charge on any atom is 0.240 e. The van der Waals surface area contributed by atoms with E-state index in [4.69, 9.17) is 10.5 Å². The van der Waals surface area contributed by atoms with E-state index in [1.54, 1.807) is 19.1 Å². The summed E-state index contributed by atoms with van der Waals surface area (Å²) in [4.78, 5) is 0.202. The number of hydrogen-bond acceptors (Lipinski definition) is 4. The lowest BCUT2D eigenvalue weighted by Crippen LogP contribution is -2.37. The van der Waals surface area contributed by atoms with Crippen LogP contribution in [0.1, 0.15) is 6.92 Å². The zero-order valence-electron chi connectivity index (χ0n) is 9.71. The van der Waals surface area contributed by atoms with E-state index in [1.165, 1.54) is 19.2 Å². The molecule has 0 saturated heterocycles. The standard InChI is InChI=1S/C10H16N2O3S.ClH/c1-8(7-11)12-16(13,14)10-5-3-9(15-2)4-6-10;/h3-6,8,12H,7,11H2,1-2H3;1H/t8-;/m1./s1. The van der Waals surface area contributed by atoms with Crippen molar-refractivity contribution in [3.05, 3.63) is 24.3 Å². The number of ether oxygens (including phenoxy) is 1. The van der Waals surface area contributed by atoms with Crippen LogP contribution in [0.3, 0.4) is 0 Å². The molecule has 17 heavy (non-hydrogen) atoms. The number of nitrogens with one attached hydrogen (secondary N) is 1. The van der Waals surface area contributed by atoms with Crippen LogP contribution in [0.25, 0.3) is 0 Å². The molecule has 0 fully saturated rings. The molecule has 5 nitrogen and oxygen atoms in total. The van der Waals surface area contributed by atoms with Gasteiger partial charge in [0, 0.05) is 12.6 Å². The Balaban J connectivity index is 0.00000256. The number of rotatable bonds is 5. The zero-order chi connectivity index (χ0) is 12.2. The third kappa shape index (κ3) is 4.51. The quantitative estimate of drug-likeness (QED) is 0.834. The van der Waals surface area contributed by atoms with E-state index in [1.807, 2.05) is 0 Å². The fourth-order valence-electron chi connectivity index (χ4n) is 1.14. The van der Waals surface area contributed by atoms with Crippen LogP contribution in [0.2, 0.25) is 0 Å². The van der Waals surface area contributed by atoms with E-state index in [-0.39, 0.29) is 29.9 Å². The lowest BCUT2D eigenvalue weighted by atomic mass is 10.3. The summed E-state index contributed by atoms with van der Waals surface area (Å²) < 4.78 is 31.0. The van der Waals surface area contributed by atoms with Crippen LogP contribution >= 0.6 is 12.4 Å². The number of hydrogen-bond donors (Lipinski definition) is 2. The molecule has 1 aromatic carbocycles. The van der Waals surface area contributed by atoms with Crippen molar-refractivity contribution in [2.75, 3.05) is 13.7 Å². The van der Waals surface area contributed by atoms with Gasteiger partial charge in [-0.25, -0.2) is 13.1 Å². The van der Waals surface area contributed by atoms with Gasteiger partial charge in [-0.2, -0.15) is 0 Å². The second kappa shape index (κ2) is 6.80. The van der Waals surface area contributed by atoms with Crippen LogP contribution in [0, 0.1) is 0 Å². The minimum atomic E-state index is -3.48. The highest BCUT2D eigenvalue weighted by atomic mass is 35.5. The van der Waals surface area contributed by atoms with Gasteiger partial charge in [-0.1, -0.05) is 0 Å². The highest BCUT2D eigenvalue weighted by Gasteiger charge is 2.16. The third-order valence-corrected chi connectivity index (χ3v) is 3.69. The Morgan fingerprint density at radius 2 is 1.88 bits per heavy atom. The second-order valence-electron chi connectivity index (χ2n) is 3.43. The molecule has 1 rings (SSSR count). The zero-order valence-corrected chi connectivity index (χ0v) is 11.3. The summed E-state index contributed by atoms with van der Waals surface area (Å²) in [5.41, 5.74) is 5.36. The molecule has 0 aliphatic rings. The molecule has 0 aromatic heterocycles. The molecule has 98 valence electrons. The van der Waals surface area contributed by atoms with Gasteiger partial charge in [0.05, 0.1) is 12.0 Å². The topological polar surface area (TPSA) is 81.4 Å². The van der Waals surface area contributed by atoms with Gasteiger partial charge >= 0.3 is 0 Å². The van der Waals surface area contributed by atoms with Crippen molar-refractivity contribution in [3.8, 4) is 5.75 Å². The van der Waals surface area contributed by atoms with Crippen molar-refractivity contribution in [1.82, 2.24) is 4.72 Å². The summed E-state index contributed by atoms with van der Waals surface area (Å²) in [6.07, 6.45) is 0. The summed E-state index contributed by atoms with van der Waals surface area (Å²) in [7, 11) is -1.96. The van der Waals surface area contributed by atoms with Crippen LogP contribution in [0.5, 0.6) is 5.75 Å². The molecule has 0 radical (unpaired) electrons. The van der Waals surface area contributed by atoms with Gasteiger partial charge in [0.2, 0.25) is 10.0 Å². The number of methoxy groups -OCH3 is 1. The molecule has 0 saturated carbocycles. The van der Waals surface area contributed by atoms with Crippen LogP contribution < -0.4 is 15.2 Å². The Kier molecular flexibility index (Phi) is 6.48. The molecule has 0 spiro atoms. The number of nitrogens with two attached hydrogens (primary N) is 1. The van der Waals surface area contributed by atoms with Gasteiger partial charge in [0.1, 0.15) is 5.75 Å². The summed E-state index contributed by atoms with van der Waals surface area (Å²) in [6.45, 7) is 1.97. The van der Waals surface area contributed by atoms with E-state index >= 15 is 0 Å². The van der Waals surface area contributed by atoms with Crippen molar-refractivity contribution in [1.29, 1.82) is 0 Å². The highest BCUT2D eigenvalue weighted by molar-refractivity contribution is 7.89. The molecule has 0 amide bonds. The minimum absolute atomic E-state index is 0. The maximum atomic E-state index is 11.8. The first-order valence-corrected chi connectivity index (χ1v) is 6.34. The van der Waals surface area contributed by atoms with E-state index < -0.39 is 10.0 Å². The smallest absolute Gasteiger partial charge is 0.240 e. The first kappa shape index (κ1) is 16.2. The van der Waals surface area contributed by atoms with Crippen LogP contribution in [0.4, 0.5) is 0 Å². The molecule has 0 unspecified atom stereocenters. The van der Waals surface area contributed by atoms with E-state index in [0.29, 0.717) is 5.75 Å². The average molecular weight is 281 g/mol. The predicted molar refractivity (Wildman–Crippen MR) is 69.1 cm³/mol. The fourth-order valence-corrected chi connectivity index (χ4v) is 2.39. The van der Waals surface area contributed by atoms with Crippen LogP contribution in [0.15, 0.2) is 29.2 Å². The van der Waals surface area contributed by atoms with Crippen molar-refractivity contribution < 1.29 is 13.2 Å². The maximum absolute atomic E-state index is 11.8. The molecule has 0 bridgehead atoms. The van der Waals surface area contributed by atoms with Gasteiger partial charge in [0.25, 0.3) is 0 Å². The van der Waals surface area contributed by atoms with Gasteiger partial charge in [-0.05, 0) is 31.2 Å².